The van der Waals surface area contributed by atoms with Gasteiger partial charge in [-0.2, -0.15) is 5.10 Å². The van der Waals surface area contributed by atoms with Crippen LogP contribution in [0.4, 0.5) is 0 Å². The summed E-state index contributed by atoms with van der Waals surface area (Å²) in [4.78, 5) is 0. The first-order chi connectivity index (χ1) is 8.96. The van der Waals surface area contributed by atoms with E-state index in [9.17, 15) is 0 Å². The molecule has 2 aromatic rings. The summed E-state index contributed by atoms with van der Waals surface area (Å²) in [5.74, 6) is 0. The number of rotatable bonds is 1. The van der Waals surface area contributed by atoms with Gasteiger partial charge in [0.05, 0.1) is 11.9 Å². The fourth-order valence-corrected chi connectivity index (χ4v) is 3.09. The Morgan fingerprint density at radius 3 is 2.89 bits per heavy atom. The van der Waals surface area contributed by atoms with Gasteiger partial charge in [0.1, 0.15) is 0 Å². The van der Waals surface area contributed by atoms with E-state index in [1.165, 1.54) is 16.8 Å². The molecule has 0 amide bonds. The molecular formula is C16H21N3. The summed E-state index contributed by atoms with van der Waals surface area (Å²) in [6.45, 7) is 6.67. The van der Waals surface area contributed by atoms with Crippen LogP contribution in [0.2, 0.25) is 0 Å². The average Bonchev–Trinajstić information content (AvgIpc) is 2.71. The maximum absolute atomic E-state index is 6.29. The summed E-state index contributed by atoms with van der Waals surface area (Å²) < 4.78 is 2.06. The van der Waals surface area contributed by atoms with Crippen molar-refractivity contribution >= 4 is 0 Å². The lowest BCUT2D eigenvalue weighted by atomic mass is 9.74. The number of nitrogens with two attached hydrogens (primary N) is 1. The van der Waals surface area contributed by atoms with E-state index in [1.807, 2.05) is 6.20 Å². The van der Waals surface area contributed by atoms with Crippen LogP contribution < -0.4 is 5.73 Å². The molecule has 1 atom stereocenters. The molecule has 1 unspecified atom stereocenters. The van der Waals surface area contributed by atoms with E-state index in [-0.39, 0.29) is 11.5 Å². The molecule has 1 aliphatic carbocycles. The number of hydrogen-bond acceptors (Lipinski definition) is 2. The van der Waals surface area contributed by atoms with Gasteiger partial charge in [-0.15, -0.1) is 0 Å². The van der Waals surface area contributed by atoms with Crippen LogP contribution in [-0.2, 0) is 6.42 Å². The smallest absolute Gasteiger partial charge is 0.0651 e. The topological polar surface area (TPSA) is 43.8 Å². The Hall–Kier alpha value is -1.61. The molecule has 3 heteroatoms. The van der Waals surface area contributed by atoms with E-state index in [2.05, 4.69) is 54.8 Å². The average molecular weight is 255 g/mol. The van der Waals surface area contributed by atoms with Crippen molar-refractivity contribution < 1.29 is 0 Å². The molecular weight excluding hydrogens is 234 g/mol. The van der Waals surface area contributed by atoms with E-state index in [0.717, 1.165) is 18.5 Å². The SMILES string of the molecule is Cc1cccc(-n2ncc3c2CC(C)(C)CC3N)c1. The van der Waals surface area contributed by atoms with Crippen LogP contribution in [0, 0.1) is 12.3 Å². The maximum atomic E-state index is 6.29. The number of benzene rings is 1. The van der Waals surface area contributed by atoms with E-state index in [4.69, 9.17) is 5.73 Å². The van der Waals surface area contributed by atoms with Crippen molar-refractivity contribution in [3.63, 3.8) is 0 Å². The molecule has 0 aliphatic heterocycles. The molecule has 0 saturated carbocycles. The summed E-state index contributed by atoms with van der Waals surface area (Å²) in [5, 5.41) is 4.56. The minimum atomic E-state index is 0.109. The van der Waals surface area contributed by atoms with Gasteiger partial charge in [0.2, 0.25) is 0 Å². The minimum absolute atomic E-state index is 0.109. The fourth-order valence-electron chi connectivity index (χ4n) is 3.09. The molecule has 2 N–H and O–H groups in total. The zero-order chi connectivity index (χ0) is 13.6. The third-order valence-electron chi connectivity index (χ3n) is 3.97. The number of fused-ring (bicyclic) bond motifs is 1. The Morgan fingerprint density at radius 2 is 2.16 bits per heavy atom. The lowest BCUT2D eigenvalue weighted by Gasteiger charge is -2.33. The summed E-state index contributed by atoms with van der Waals surface area (Å²) in [6.07, 6.45) is 4.00. The second-order valence-electron chi connectivity index (χ2n) is 6.45. The van der Waals surface area contributed by atoms with Gasteiger partial charge in [0, 0.05) is 17.3 Å². The Kier molecular flexibility index (Phi) is 2.75. The van der Waals surface area contributed by atoms with Crippen molar-refractivity contribution in [3.8, 4) is 5.69 Å². The molecule has 3 rings (SSSR count). The Balaban J connectivity index is 2.11. The molecule has 3 nitrogen and oxygen atoms in total. The van der Waals surface area contributed by atoms with Crippen molar-refractivity contribution in [1.82, 2.24) is 9.78 Å². The zero-order valence-corrected chi connectivity index (χ0v) is 11.9. The highest BCUT2D eigenvalue weighted by molar-refractivity contribution is 5.39. The highest BCUT2D eigenvalue weighted by atomic mass is 15.3. The molecule has 1 aromatic carbocycles. The molecule has 1 aromatic heterocycles. The van der Waals surface area contributed by atoms with Crippen LogP contribution in [0.25, 0.3) is 5.69 Å². The first-order valence-corrected chi connectivity index (χ1v) is 6.86. The van der Waals surface area contributed by atoms with Crippen LogP contribution in [0.15, 0.2) is 30.5 Å². The number of aryl methyl sites for hydroxylation is 1. The number of hydrogen-bond donors (Lipinski definition) is 1. The molecule has 0 saturated heterocycles. The van der Waals surface area contributed by atoms with Crippen molar-refractivity contribution in [3.05, 3.63) is 47.3 Å². The Bertz CT molecular complexity index is 610. The molecule has 1 aliphatic rings. The molecule has 0 spiro atoms. The highest BCUT2D eigenvalue weighted by Crippen LogP contribution is 2.40. The van der Waals surface area contributed by atoms with Crippen LogP contribution in [0.5, 0.6) is 0 Å². The van der Waals surface area contributed by atoms with Crippen molar-refractivity contribution in [2.24, 2.45) is 11.1 Å². The van der Waals surface area contributed by atoms with Crippen molar-refractivity contribution in [2.45, 2.75) is 39.7 Å². The third-order valence-corrected chi connectivity index (χ3v) is 3.97. The van der Waals surface area contributed by atoms with E-state index < -0.39 is 0 Å². The minimum Gasteiger partial charge on any atom is -0.324 e. The molecule has 0 fully saturated rings. The second-order valence-corrected chi connectivity index (χ2v) is 6.45. The largest absolute Gasteiger partial charge is 0.324 e. The summed E-state index contributed by atoms with van der Waals surface area (Å²) in [5.41, 5.74) is 11.4. The van der Waals surface area contributed by atoms with Gasteiger partial charge >= 0.3 is 0 Å². The number of aromatic nitrogens is 2. The van der Waals surface area contributed by atoms with E-state index >= 15 is 0 Å². The van der Waals surface area contributed by atoms with Crippen LogP contribution in [-0.4, -0.2) is 9.78 Å². The predicted molar refractivity (Wildman–Crippen MR) is 77.3 cm³/mol. The predicted octanol–water partition coefficient (Wildman–Crippen LogP) is 3.15. The molecule has 19 heavy (non-hydrogen) atoms. The summed E-state index contributed by atoms with van der Waals surface area (Å²) in [7, 11) is 0. The zero-order valence-electron chi connectivity index (χ0n) is 11.9. The van der Waals surface area contributed by atoms with Crippen LogP contribution in [0.1, 0.15) is 43.1 Å². The van der Waals surface area contributed by atoms with Crippen LogP contribution >= 0.6 is 0 Å². The van der Waals surface area contributed by atoms with Gasteiger partial charge in [-0.25, -0.2) is 4.68 Å². The molecule has 100 valence electrons. The first-order valence-electron chi connectivity index (χ1n) is 6.86. The highest BCUT2D eigenvalue weighted by Gasteiger charge is 2.33. The lowest BCUT2D eigenvalue weighted by molar-refractivity contribution is 0.278. The molecule has 0 radical (unpaired) electrons. The van der Waals surface area contributed by atoms with Gasteiger partial charge in [-0.3, -0.25) is 0 Å². The van der Waals surface area contributed by atoms with E-state index in [1.54, 1.807) is 0 Å². The van der Waals surface area contributed by atoms with Gasteiger partial charge in [0.25, 0.3) is 0 Å². The lowest BCUT2D eigenvalue weighted by Crippen LogP contribution is -2.30. The second kappa shape index (κ2) is 4.20. The van der Waals surface area contributed by atoms with Gasteiger partial charge in [-0.1, -0.05) is 26.0 Å². The Labute approximate surface area is 114 Å². The monoisotopic (exact) mass is 255 g/mol. The van der Waals surface area contributed by atoms with Gasteiger partial charge in [-0.05, 0) is 42.9 Å². The van der Waals surface area contributed by atoms with Gasteiger partial charge < -0.3 is 5.73 Å². The third kappa shape index (κ3) is 2.19. The normalized spacial score (nSPS) is 21.2. The first kappa shape index (κ1) is 12.4. The molecule has 1 heterocycles. The summed E-state index contributed by atoms with van der Waals surface area (Å²) >= 11 is 0. The number of nitrogens with zero attached hydrogens (tertiary/aromatic N) is 2. The maximum Gasteiger partial charge on any atom is 0.0651 e. The summed E-state index contributed by atoms with van der Waals surface area (Å²) in [6, 6.07) is 8.56. The fraction of sp³-hybridized carbons (Fsp3) is 0.438. The van der Waals surface area contributed by atoms with Gasteiger partial charge in [0.15, 0.2) is 0 Å². The quantitative estimate of drug-likeness (QED) is 0.850. The van der Waals surface area contributed by atoms with E-state index in [0.29, 0.717) is 0 Å². The standard InChI is InChI=1S/C16H21N3/c1-11-5-4-6-12(7-11)19-15-9-16(2,3)8-14(17)13(15)10-18-19/h4-7,10,14H,8-9,17H2,1-3H3. The Morgan fingerprint density at radius 1 is 1.37 bits per heavy atom. The molecule has 0 bridgehead atoms. The van der Waals surface area contributed by atoms with Crippen LogP contribution in [0.3, 0.4) is 0 Å². The van der Waals surface area contributed by atoms with Crippen molar-refractivity contribution in [2.75, 3.05) is 0 Å². The van der Waals surface area contributed by atoms with Crippen molar-refractivity contribution in [1.29, 1.82) is 0 Å².